The average molecular weight is 485 g/mol. The summed E-state index contributed by atoms with van der Waals surface area (Å²) < 4.78 is 0. The average Bonchev–Trinajstić information content (AvgIpc) is 2.84. The molecule has 1 heterocycles. The predicted octanol–water partition coefficient (Wildman–Crippen LogP) is 5.17. The summed E-state index contributed by atoms with van der Waals surface area (Å²) in [6.45, 7) is 0.378. The Morgan fingerprint density at radius 3 is 2.58 bits per heavy atom. The second-order valence-corrected chi connectivity index (χ2v) is 8.92. The van der Waals surface area contributed by atoms with Crippen LogP contribution in [0.3, 0.4) is 0 Å². The van der Waals surface area contributed by atoms with E-state index in [0.717, 1.165) is 30.4 Å². The van der Waals surface area contributed by atoms with Crippen LogP contribution in [0.15, 0.2) is 48.5 Å². The van der Waals surface area contributed by atoms with Crippen LogP contribution in [-0.2, 0) is 11.3 Å². The van der Waals surface area contributed by atoms with Crippen LogP contribution in [0.5, 0.6) is 0 Å². The first-order chi connectivity index (χ1) is 16.0. The molecular weight excluding hydrogens is 459 g/mol. The SMILES string of the molecule is CNc1nc(NC2CCC[C@H](C(=O)NCc3ccc(Cl)cc3Cl)C2)nc(-c2ccccc2)n1. The van der Waals surface area contributed by atoms with Crippen LogP contribution in [0.4, 0.5) is 11.9 Å². The Labute approximate surface area is 203 Å². The molecule has 0 aliphatic heterocycles. The fraction of sp³-hybridized carbons (Fsp3) is 0.333. The molecule has 3 aromatic rings. The molecule has 1 fully saturated rings. The number of benzene rings is 2. The van der Waals surface area contributed by atoms with Crippen LogP contribution in [0.25, 0.3) is 11.4 Å². The van der Waals surface area contributed by atoms with Crippen LogP contribution < -0.4 is 16.0 Å². The van der Waals surface area contributed by atoms with E-state index in [4.69, 9.17) is 23.2 Å². The van der Waals surface area contributed by atoms with E-state index in [1.54, 1.807) is 19.2 Å². The molecular formula is C24H26Cl2N6O. The molecule has 1 aliphatic rings. The quantitative estimate of drug-likeness (QED) is 0.428. The van der Waals surface area contributed by atoms with Crippen molar-refractivity contribution in [3.05, 3.63) is 64.1 Å². The fourth-order valence-electron chi connectivity index (χ4n) is 4.00. The number of hydrogen-bond donors (Lipinski definition) is 3. The van der Waals surface area contributed by atoms with Crippen molar-refractivity contribution >= 4 is 41.0 Å². The summed E-state index contributed by atoms with van der Waals surface area (Å²) in [5.74, 6) is 1.55. The normalized spacial score (nSPS) is 17.9. The second-order valence-electron chi connectivity index (χ2n) is 8.08. The number of carbonyl (C=O) groups excluding carboxylic acids is 1. The lowest BCUT2D eigenvalue weighted by atomic mass is 9.85. The van der Waals surface area contributed by atoms with Gasteiger partial charge in [0.25, 0.3) is 0 Å². The van der Waals surface area contributed by atoms with Crippen LogP contribution in [0, 0.1) is 5.92 Å². The third-order valence-corrected chi connectivity index (χ3v) is 6.32. The smallest absolute Gasteiger partial charge is 0.228 e. The molecule has 4 rings (SSSR count). The number of carbonyl (C=O) groups is 1. The second kappa shape index (κ2) is 10.8. The molecule has 7 nitrogen and oxygen atoms in total. The Hall–Kier alpha value is -2.90. The van der Waals surface area contributed by atoms with Gasteiger partial charge in [-0.05, 0) is 37.0 Å². The Morgan fingerprint density at radius 2 is 1.82 bits per heavy atom. The molecule has 9 heteroatoms. The summed E-state index contributed by atoms with van der Waals surface area (Å²) >= 11 is 12.2. The zero-order valence-corrected chi connectivity index (χ0v) is 19.8. The number of nitrogens with one attached hydrogen (secondary N) is 3. The largest absolute Gasteiger partial charge is 0.357 e. The van der Waals surface area contributed by atoms with Gasteiger partial charge in [0.15, 0.2) is 5.82 Å². The molecule has 1 aromatic heterocycles. The maximum Gasteiger partial charge on any atom is 0.228 e. The van der Waals surface area contributed by atoms with Gasteiger partial charge in [0.2, 0.25) is 17.8 Å². The Morgan fingerprint density at radius 1 is 1.03 bits per heavy atom. The minimum Gasteiger partial charge on any atom is -0.357 e. The van der Waals surface area contributed by atoms with Gasteiger partial charge in [-0.1, -0.05) is 66.0 Å². The molecule has 33 heavy (non-hydrogen) atoms. The maximum absolute atomic E-state index is 12.8. The van der Waals surface area contributed by atoms with E-state index in [2.05, 4.69) is 30.9 Å². The molecule has 172 valence electrons. The fourth-order valence-corrected chi connectivity index (χ4v) is 4.48. The first-order valence-corrected chi connectivity index (χ1v) is 11.7. The lowest BCUT2D eigenvalue weighted by Gasteiger charge is -2.29. The highest BCUT2D eigenvalue weighted by Crippen LogP contribution is 2.28. The van der Waals surface area contributed by atoms with E-state index >= 15 is 0 Å². The van der Waals surface area contributed by atoms with Crippen molar-refractivity contribution in [1.29, 1.82) is 0 Å². The van der Waals surface area contributed by atoms with Crippen molar-refractivity contribution in [3.8, 4) is 11.4 Å². The zero-order chi connectivity index (χ0) is 23.2. The Balaban J connectivity index is 1.40. The first-order valence-electron chi connectivity index (χ1n) is 11.0. The van der Waals surface area contributed by atoms with Gasteiger partial charge in [-0.3, -0.25) is 4.79 Å². The van der Waals surface area contributed by atoms with Crippen molar-refractivity contribution < 1.29 is 4.79 Å². The molecule has 0 saturated heterocycles. The zero-order valence-electron chi connectivity index (χ0n) is 18.3. The molecule has 1 unspecified atom stereocenters. The molecule has 0 spiro atoms. The van der Waals surface area contributed by atoms with Gasteiger partial charge >= 0.3 is 0 Å². The highest BCUT2D eigenvalue weighted by Gasteiger charge is 2.28. The number of nitrogens with zero attached hydrogens (tertiary/aromatic N) is 3. The summed E-state index contributed by atoms with van der Waals surface area (Å²) in [5.41, 5.74) is 1.76. The summed E-state index contributed by atoms with van der Waals surface area (Å²) in [5, 5.41) is 10.6. The summed E-state index contributed by atoms with van der Waals surface area (Å²) in [6, 6.07) is 15.2. The number of anilines is 2. The van der Waals surface area contributed by atoms with Gasteiger partial charge in [-0.15, -0.1) is 0 Å². The van der Waals surface area contributed by atoms with Crippen LogP contribution in [0.1, 0.15) is 31.2 Å². The number of amides is 1. The van der Waals surface area contributed by atoms with E-state index < -0.39 is 0 Å². The monoisotopic (exact) mass is 484 g/mol. The third-order valence-electron chi connectivity index (χ3n) is 5.74. The molecule has 1 saturated carbocycles. The van der Waals surface area contributed by atoms with Crippen molar-refractivity contribution in [1.82, 2.24) is 20.3 Å². The standard InChI is InChI=1S/C24H26Cl2N6O/c1-27-23-30-21(15-6-3-2-4-7-15)31-24(32-23)29-19-9-5-8-16(12-19)22(33)28-14-17-10-11-18(25)13-20(17)26/h2-4,6-7,10-11,13,16,19H,5,8-9,12,14H2,1H3,(H,28,33)(H2,27,29,30,31,32)/t16-,19?/m0/s1. The Bertz CT molecular complexity index is 1110. The van der Waals surface area contributed by atoms with Gasteiger partial charge in [0.1, 0.15) is 0 Å². The van der Waals surface area contributed by atoms with Crippen molar-refractivity contribution in [2.75, 3.05) is 17.7 Å². The summed E-state index contributed by atoms with van der Waals surface area (Å²) in [4.78, 5) is 26.4. The van der Waals surface area contributed by atoms with Gasteiger partial charge < -0.3 is 16.0 Å². The third kappa shape index (κ3) is 6.12. The Kier molecular flexibility index (Phi) is 7.62. The van der Waals surface area contributed by atoms with Crippen molar-refractivity contribution in [3.63, 3.8) is 0 Å². The van der Waals surface area contributed by atoms with Crippen LogP contribution in [-0.4, -0.2) is 33.9 Å². The van der Waals surface area contributed by atoms with Crippen LogP contribution >= 0.6 is 23.2 Å². The maximum atomic E-state index is 12.8. The van der Waals surface area contributed by atoms with E-state index in [1.807, 2.05) is 36.4 Å². The van der Waals surface area contributed by atoms with Crippen LogP contribution in [0.2, 0.25) is 10.0 Å². The van der Waals surface area contributed by atoms with E-state index in [1.165, 1.54) is 0 Å². The highest BCUT2D eigenvalue weighted by atomic mass is 35.5. The number of hydrogen-bond acceptors (Lipinski definition) is 6. The lowest BCUT2D eigenvalue weighted by Crippen LogP contribution is -2.37. The molecule has 0 radical (unpaired) electrons. The van der Waals surface area contributed by atoms with Crippen molar-refractivity contribution in [2.45, 2.75) is 38.3 Å². The molecule has 2 aromatic carbocycles. The highest BCUT2D eigenvalue weighted by molar-refractivity contribution is 6.35. The number of aromatic nitrogens is 3. The van der Waals surface area contributed by atoms with Gasteiger partial charge in [0, 0.05) is 41.2 Å². The molecule has 2 atom stereocenters. The minimum atomic E-state index is -0.0819. The molecule has 0 bridgehead atoms. The van der Waals surface area contributed by atoms with E-state index in [0.29, 0.717) is 40.7 Å². The number of halogens is 2. The van der Waals surface area contributed by atoms with E-state index in [9.17, 15) is 4.79 Å². The van der Waals surface area contributed by atoms with Gasteiger partial charge in [-0.2, -0.15) is 15.0 Å². The molecule has 3 N–H and O–H groups in total. The molecule has 1 amide bonds. The van der Waals surface area contributed by atoms with E-state index in [-0.39, 0.29) is 17.9 Å². The topological polar surface area (TPSA) is 91.8 Å². The molecule has 1 aliphatic carbocycles. The summed E-state index contributed by atoms with van der Waals surface area (Å²) in [6.07, 6.45) is 3.47. The summed E-state index contributed by atoms with van der Waals surface area (Å²) in [7, 11) is 1.78. The van der Waals surface area contributed by atoms with Gasteiger partial charge in [-0.25, -0.2) is 0 Å². The lowest BCUT2D eigenvalue weighted by molar-refractivity contribution is -0.126. The van der Waals surface area contributed by atoms with Crippen molar-refractivity contribution in [2.24, 2.45) is 5.92 Å². The minimum absolute atomic E-state index is 0.0315. The first kappa shape index (κ1) is 23.3. The van der Waals surface area contributed by atoms with Gasteiger partial charge in [0.05, 0.1) is 0 Å². The number of rotatable bonds is 7. The predicted molar refractivity (Wildman–Crippen MR) is 132 cm³/mol.